The third-order valence-electron chi connectivity index (χ3n) is 3.54. The van der Waals surface area contributed by atoms with Gasteiger partial charge >= 0.3 is 0 Å². The molecule has 2 fully saturated rings. The standard InChI is InChI=1S/C11H22N2O/c1-11(2)5-6-12-7-10(8-14)13(11)9-3-4-9/h9-10,12,14H,3-8H2,1-2H3. The van der Waals surface area contributed by atoms with Crippen LogP contribution in [0.1, 0.15) is 33.1 Å². The highest BCUT2D eigenvalue weighted by atomic mass is 16.3. The molecule has 1 aliphatic carbocycles. The van der Waals surface area contributed by atoms with Gasteiger partial charge in [0.05, 0.1) is 6.61 Å². The lowest BCUT2D eigenvalue weighted by Crippen LogP contribution is -2.53. The molecule has 3 heteroatoms. The van der Waals surface area contributed by atoms with Crippen molar-refractivity contribution in [2.75, 3.05) is 19.7 Å². The Bertz CT molecular complexity index is 201. The van der Waals surface area contributed by atoms with Crippen LogP contribution >= 0.6 is 0 Å². The van der Waals surface area contributed by atoms with Crippen LogP contribution in [0.4, 0.5) is 0 Å². The largest absolute Gasteiger partial charge is 0.395 e. The van der Waals surface area contributed by atoms with Crippen molar-refractivity contribution in [2.24, 2.45) is 0 Å². The van der Waals surface area contributed by atoms with E-state index in [1.807, 2.05) is 0 Å². The first-order chi connectivity index (χ1) is 6.65. The van der Waals surface area contributed by atoms with Crippen LogP contribution in [-0.4, -0.2) is 47.3 Å². The zero-order valence-corrected chi connectivity index (χ0v) is 9.29. The van der Waals surface area contributed by atoms with E-state index in [9.17, 15) is 5.11 Å². The van der Waals surface area contributed by atoms with E-state index in [1.165, 1.54) is 19.3 Å². The molecule has 82 valence electrons. The first-order valence-electron chi connectivity index (χ1n) is 5.75. The molecule has 0 aromatic carbocycles. The maximum Gasteiger partial charge on any atom is 0.0599 e. The summed E-state index contributed by atoms with van der Waals surface area (Å²) in [7, 11) is 0. The van der Waals surface area contributed by atoms with E-state index >= 15 is 0 Å². The molecule has 1 aliphatic heterocycles. The molecule has 1 unspecified atom stereocenters. The number of hydrogen-bond acceptors (Lipinski definition) is 3. The van der Waals surface area contributed by atoms with Crippen molar-refractivity contribution >= 4 is 0 Å². The zero-order valence-electron chi connectivity index (χ0n) is 9.29. The van der Waals surface area contributed by atoms with Crippen LogP contribution in [0.25, 0.3) is 0 Å². The molecule has 0 aromatic heterocycles. The molecule has 2 N–H and O–H groups in total. The third-order valence-corrected chi connectivity index (χ3v) is 3.54. The minimum Gasteiger partial charge on any atom is -0.395 e. The van der Waals surface area contributed by atoms with Crippen molar-refractivity contribution < 1.29 is 5.11 Å². The second-order valence-corrected chi connectivity index (χ2v) is 5.24. The van der Waals surface area contributed by atoms with E-state index in [-0.39, 0.29) is 12.1 Å². The van der Waals surface area contributed by atoms with Gasteiger partial charge in [0, 0.05) is 24.2 Å². The molecule has 3 nitrogen and oxygen atoms in total. The number of rotatable bonds is 2. The molecule has 0 spiro atoms. The Morgan fingerprint density at radius 1 is 1.43 bits per heavy atom. The van der Waals surface area contributed by atoms with Crippen molar-refractivity contribution in [3.8, 4) is 0 Å². The summed E-state index contributed by atoms with van der Waals surface area (Å²) in [4.78, 5) is 2.55. The number of aliphatic hydroxyl groups excluding tert-OH is 1. The van der Waals surface area contributed by atoms with Crippen LogP contribution < -0.4 is 5.32 Å². The Morgan fingerprint density at radius 2 is 2.14 bits per heavy atom. The predicted octanol–water partition coefficient (Wildman–Crippen LogP) is 0.584. The molecule has 14 heavy (non-hydrogen) atoms. The average molecular weight is 198 g/mol. The smallest absolute Gasteiger partial charge is 0.0599 e. The molecule has 0 amide bonds. The monoisotopic (exact) mass is 198 g/mol. The van der Waals surface area contributed by atoms with E-state index in [0.717, 1.165) is 19.1 Å². The summed E-state index contributed by atoms with van der Waals surface area (Å²) in [6, 6.07) is 1.06. The minimum absolute atomic E-state index is 0.248. The Labute approximate surface area is 86.5 Å². The van der Waals surface area contributed by atoms with Gasteiger partial charge in [-0.15, -0.1) is 0 Å². The molecule has 0 radical (unpaired) electrons. The van der Waals surface area contributed by atoms with Gasteiger partial charge in [0.1, 0.15) is 0 Å². The van der Waals surface area contributed by atoms with Crippen LogP contribution in [0.2, 0.25) is 0 Å². The maximum atomic E-state index is 9.41. The molecule has 2 aliphatic rings. The molecule has 1 saturated carbocycles. The second-order valence-electron chi connectivity index (χ2n) is 5.24. The van der Waals surface area contributed by atoms with Gasteiger partial charge in [0.25, 0.3) is 0 Å². The van der Waals surface area contributed by atoms with Crippen LogP contribution in [0.15, 0.2) is 0 Å². The zero-order chi connectivity index (χ0) is 10.2. The SMILES string of the molecule is CC1(C)CCNCC(CO)N1C1CC1. The van der Waals surface area contributed by atoms with Gasteiger partial charge in [-0.25, -0.2) is 0 Å². The van der Waals surface area contributed by atoms with E-state index < -0.39 is 0 Å². The fourth-order valence-corrected chi connectivity index (χ4v) is 2.68. The van der Waals surface area contributed by atoms with Gasteiger partial charge in [0.2, 0.25) is 0 Å². The third kappa shape index (κ3) is 1.95. The summed E-state index contributed by atoms with van der Waals surface area (Å²) in [6.45, 7) is 6.91. The van der Waals surface area contributed by atoms with Crippen molar-refractivity contribution in [1.82, 2.24) is 10.2 Å². The molecular formula is C11H22N2O. The Morgan fingerprint density at radius 3 is 2.71 bits per heavy atom. The Kier molecular flexibility index (Phi) is 2.82. The first-order valence-corrected chi connectivity index (χ1v) is 5.75. The molecule has 1 saturated heterocycles. The van der Waals surface area contributed by atoms with E-state index in [0.29, 0.717) is 6.04 Å². The molecular weight excluding hydrogens is 176 g/mol. The molecule has 1 heterocycles. The highest BCUT2D eigenvalue weighted by molar-refractivity contribution is 4.99. The van der Waals surface area contributed by atoms with Crippen LogP contribution in [0, 0.1) is 0 Å². The van der Waals surface area contributed by atoms with Crippen molar-refractivity contribution in [1.29, 1.82) is 0 Å². The number of hydrogen-bond donors (Lipinski definition) is 2. The molecule has 0 bridgehead atoms. The summed E-state index contributed by atoms with van der Waals surface area (Å²) in [5.41, 5.74) is 0.248. The van der Waals surface area contributed by atoms with Gasteiger partial charge < -0.3 is 10.4 Å². The van der Waals surface area contributed by atoms with Gasteiger partial charge in [-0.1, -0.05) is 0 Å². The summed E-state index contributed by atoms with van der Waals surface area (Å²) < 4.78 is 0. The van der Waals surface area contributed by atoms with Crippen molar-refractivity contribution in [3.63, 3.8) is 0 Å². The topological polar surface area (TPSA) is 35.5 Å². The normalized spacial score (nSPS) is 34.1. The maximum absolute atomic E-state index is 9.41. The molecule has 1 atom stereocenters. The van der Waals surface area contributed by atoms with Gasteiger partial charge in [0.15, 0.2) is 0 Å². The van der Waals surface area contributed by atoms with Crippen molar-refractivity contribution in [2.45, 2.75) is 50.7 Å². The van der Waals surface area contributed by atoms with Crippen LogP contribution in [0.3, 0.4) is 0 Å². The van der Waals surface area contributed by atoms with Gasteiger partial charge in [-0.2, -0.15) is 0 Å². The van der Waals surface area contributed by atoms with Crippen LogP contribution in [0.5, 0.6) is 0 Å². The van der Waals surface area contributed by atoms with Gasteiger partial charge in [-0.3, -0.25) is 4.90 Å². The van der Waals surface area contributed by atoms with Crippen LogP contribution in [-0.2, 0) is 0 Å². The highest BCUT2D eigenvalue weighted by Crippen LogP contribution is 2.36. The number of nitrogens with one attached hydrogen (secondary N) is 1. The summed E-state index contributed by atoms with van der Waals surface area (Å²) >= 11 is 0. The lowest BCUT2D eigenvalue weighted by atomic mass is 9.96. The summed E-state index contributed by atoms with van der Waals surface area (Å²) in [6.07, 6.45) is 3.82. The van der Waals surface area contributed by atoms with Crippen molar-refractivity contribution in [3.05, 3.63) is 0 Å². The highest BCUT2D eigenvalue weighted by Gasteiger charge is 2.43. The Hall–Kier alpha value is -0.120. The summed E-state index contributed by atoms with van der Waals surface area (Å²) in [5, 5.41) is 12.8. The quantitative estimate of drug-likeness (QED) is 0.681. The summed E-state index contributed by atoms with van der Waals surface area (Å²) in [5.74, 6) is 0. The first kappa shape index (κ1) is 10.4. The average Bonchev–Trinajstić information content (AvgIpc) is 2.91. The fourth-order valence-electron chi connectivity index (χ4n) is 2.68. The van der Waals surface area contributed by atoms with E-state index in [2.05, 4.69) is 24.1 Å². The minimum atomic E-state index is 0.248. The van der Waals surface area contributed by atoms with E-state index in [4.69, 9.17) is 0 Å². The predicted molar refractivity (Wildman–Crippen MR) is 57.3 cm³/mol. The van der Waals surface area contributed by atoms with Gasteiger partial charge in [-0.05, 0) is 39.7 Å². The molecule has 2 rings (SSSR count). The fraction of sp³-hybridized carbons (Fsp3) is 1.00. The second kappa shape index (κ2) is 3.80. The van der Waals surface area contributed by atoms with E-state index in [1.54, 1.807) is 0 Å². The number of nitrogens with zero attached hydrogens (tertiary/aromatic N) is 1. The Balaban J connectivity index is 2.14. The lowest BCUT2D eigenvalue weighted by molar-refractivity contribution is 0.0376. The molecule has 0 aromatic rings. The number of aliphatic hydroxyl groups is 1. The lowest BCUT2D eigenvalue weighted by Gasteiger charge is -2.41.